The zero-order chi connectivity index (χ0) is 21.6. The molecule has 3 heterocycles. The first-order valence-corrected chi connectivity index (χ1v) is 12.1. The molecule has 1 unspecified atom stereocenters. The summed E-state index contributed by atoms with van der Waals surface area (Å²) in [6.07, 6.45) is 5.01. The van der Waals surface area contributed by atoms with Crippen LogP contribution in [0.2, 0.25) is 0 Å². The van der Waals surface area contributed by atoms with Crippen LogP contribution in [0.5, 0.6) is 11.5 Å². The van der Waals surface area contributed by atoms with Crippen LogP contribution < -0.4 is 9.47 Å². The van der Waals surface area contributed by atoms with Crippen LogP contribution in [-0.4, -0.2) is 74.4 Å². The third kappa shape index (κ3) is 5.72. The Labute approximate surface area is 186 Å². The van der Waals surface area contributed by atoms with Crippen molar-refractivity contribution in [2.75, 3.05) is 52.6 Å². The van der Waals surface area contributed by atoms with Crippen LogP contribution in [-0.2, 0) is 16.0 Å². The summed E-state index contributed by atoms with van der Waals surface area (Å²) in [7, 11) is 0. The highest BCUT2D eigenvalue weighted by Gasteiger charge is 2.30. The minimum Gasteiger partial charge on any atom is -0.486 e. The van der Waals surface area contributed by atoms with Gasteiger partial charge in [0.2, 0.25) is 5.91 Å². The highest BCUT2D eigenvalue weighted by molar-refractivity contribution is 5.79. The van der Waals surface area contributed by atoms with E-state index in [1.807, 2.05) is 6.07 Å². The normalized spacial score (nSPS) is 21.3. The summed E-state index contributed by atoms with van der Waals surface area (Å²) in [5, 5.41) is 0. The average Bonchev–Trinajstić information content (AvgIpc) is 2.83. The van der Waals surface area contributed by atoms with Gasteiger partial charge >= 0.3 is 0 Å². The summed E-state index contributed by atoms with van der Waals surface area (Å²) in [6.45, 7) is 11.3. The van der Waals surface area contributed by atoms with Gasteiger partial charge in [-0.1, -0.05) is 13.0 Å². The zero-order valence-corrected chi connectivity index (χ0v) is 19.2. The maximum Gasteiger partial charge on any atom is 0.225 e. The molecule has 0 radical (unpaired) electrons. The van der Waals surface area contributed by atoms with Crippen molar-refractivity contribution in [3.8, 4) is 11.5 Å². The van der Waals surface area contributed by atoms with Gasteiger partial charge in [0.15, 0.2) is 11.5 Å². The van der Waals surface area contributed by atoms with E-state index in [2.05, 4.69) is 35.8 Å². The number of likely N-dealkylation sites (tertiary alicyclic amines) is 1. The molecule has 3 aliphatic heterocycles. The first kappa shape index (κ1) is 22.4. The Bertz CT molecular complexity index is 726. The summed E-state index contributed by atoms with van der Waals surface area (Å²) in [5.74, 6) is 2.95. The van der Waals surface area contributed by atoms with Gasteiger partial charge in [-0.15, -0.1) is 0 Å². The number of carbonyl (C=O) groups is 1. The van der Waals surface area contributed by atoms with Crippen LogP contribution in [0.4, 0.5) is 0 Å². The lowest BCUT2D eigenvalue weighted by molar-refractivity contribution is -0.140. The third-order valence-corrected chi connectivity index (χ3v) is 7.16. The molecule has 1 atom stereocenters. The fourth-order valence-corrected chi connectivity index (χ4v) is 5.18. The Morgan fingerprint density at radius 2 is 1.77 bits per heavy atom. The smallest absolute Gasteiger partial charge is 0.225 e. The van der Waals surface area contributed by atoms with Gasteiger partial charge in [0, 0.05) is 44.8 Å². The van der Waals surface area contributed by atoms with Crippen molar-refractivity contribution in [2.45, 2.75) is 52.0 Å². The van der Waals surface area contributed by atoms with Crippen molar-refractivity contribution in [3.63, 3.8) is 0 Å². The van der Waals surface area contributed by atoms with Gasteiger partial charge in [0.25, 0.3) is 0 Å². The lowest BCUT2D eigenvalue weighted by atomic mass is 9.92. The summed E-state index contributed by atoms with van der Waals surface area (Å²) in [6, 6.07) is 6.81. The van der Waals surface area contributed by atoms with Crippen LogP contribution in [0.3, 0.4) is 0 Å². The van der Waals surface area contributed by atoms with E-state index < -0.39 is 0 Å². The molecule has 0 N–H and O–H groups in total. The number of hydrogen-bond acceptors (Lipinski definition) is 5. The highest BCUT2D eigenvalue weighted by atomic mass is 16.6. The van der Waals surface area contributed by atoms with Gasteiger partial charge in [-0.25, -0.2) is 0 Å². The number of likely N-dealkylation sites (N-methyl/N-ethyl adjacent to an activating group) is 1. The van der Waals surface area contributed by atoms with Crippen LogP contribution >= 0.6 is 0 Å². The molecule has 4 rings (SSSR count). The molecule has 1 aromatic rings. The maximum atomic E-state index is 12.8. The summed E-state index contributed by atoms with van der Waals surface area (Å²) >= 11 is 0. The van der Waals surface area contributed by atoms with E-state index in [0.717, 1.165) is 83.0 Å². The number of nitrogens with zero attached hydrogens (tertiary/aromatic N) is 2. The molecule has 6 heteroatoms. The molecule has 3 aliphatic rings. The summed E-state index contributed by atoms with van der Waals surface area (Å²) in [4.78, 5) is 17.5. The van der Waals surface area contributed by atoms with Gasteiger partial charge < -0.3 is 24.0 Å². The Morgan fingerprint density at radius 3 is 2.48 bits per heavy atom. The number of rotatable bonds is 7. The minimum absolute atomic E-state index is 0.184. The number of hydrogen-bond donors (Lipinski definition) is 0. The van der Waals surface area contributed by atoms with Crippen molar-refractivity contribution >= 4 is 5.91 Å². The SMILES string of the molecule is CCN(CC1CCN(C(=O)C2CCOCC2)CC1)C(C)Cc1ccc2c(c1)OCCO2. The van der Waals surface area contributed by atoms with E-state index in [1.54, 1.807) is 0 Å². The molecular weight excluding hydrogens is 392 g/mol. The molecule has 0 spiro atoms. The fourth-order valence-electron chi connectivity index (χ4n) is 5.18. The van der Waals surface area contributed by atoms with Gasteiger partial charge in [-0.3, -0.25) is 4.79 Å². The fraction of sp³-hybridized carbons (Fsp3) is 0.720. The summed E-state index contributed by atoms with van der Waals surface area (Å²) in [5.41, 5.74) is 1.30. The van der Waals surface area contributed by atoms with Crippen LogP contribution in [0.25, 0.3) is 0 Å². The van der Waals surface area contributed by atoms with E-state index >= 15 is 0 Å². The first-order chi connectivity index (χ1) is 15.1. The molecule has 31 heavy (non-hydrogen) atoms. The number of benzene rings is 1. The monoisotopic (exact) mass is 430 g/mol. The van der Waals surface area contributed by atoms with Crippen molar-refractivity contribution in [1.82, 2.24) is 9.80 Å². The van der Waals surface area contributed by atoms with Gasteiger partial charge in [-0.05, 0) is 69.2 Å². The van der Waals surface area contributed by atoms with Gasteiger partial charge in [0.05, 0.1) is 0 Å². The van der Waals surface area contributed by atoms with E-state index in [9.17, 15) is 4.79 Å². The number of fused-ring (bicyclic) bond motifs is 1. The van der Waals surface area contributed by atoms with Gasteiger partial charge in [-0.2, -0.15) is 0 Å². The van der Waals surface area contributed by atoms with Crippen LogP contribution in [0, 0.1) is 11.8 Å². The van der Waals surface area contributed by atoms with Crippen LogP contribution in [0.1, 0.15) is 45.1 Å². The number of ether oxygens (including phenoxy) is 3. The number of amides is 1. The van der Waals surface area contributed by atoms with Crippen molar-refractivity contribution in [1.29, 1.82) is 0 Å². The van der Waals surface area contributed by atoms with Crippen molar-refractivity contribution < 1.29 is 19.0 Å². The number of piperidine rings is 1. The van der Waals surface area contributed by atoms with Gasteiger partial charge in [0.1, 0.15) is 13.2 Å². The van der Waals surface area contributed by atoms with E-state index in [1.165, 1.54) is 5.56 Å². The molecule has 0 aliphatic carbocycles. The maximum absolute atomic E-state index is 12.8. The molecule has 1 aromatic carbocycles. The average molecular weight is 431 g/mol. The molecule has 6 nitrogen and oxygen atoms in total. The summed E-state index contributed by atoms with van der Waals surface area (Å²) < 4.78 is 16.8. The Hall–Kier alpha value is -1.79. The lowest BCUT2D eigenvalue weighted by Crippen LogP contribution is -2.46. The predicted octanol–water partition coefficient (Wildman–Crippen LogP) is 3.38. The Balaban J connectivity index is 1.25. The second-order valence-corrected chi connectivity index (χ2v) is 9.27. The van der Waals surface area contributed by atoms with E-state index in [4.69, 9.17) is 14.2 Å². The van der Waals surface area contributed by atoms with Crippen molar-refractivity contribution in [2.24, 2.45) is 11.8 Å². The predicted molar refractivity (Wildman–Crippen MR) is 121 cm³/mol. The largest absolute Gasteiger partial charge is 0.486 e. The second kappa shape index (κ2) is 10.7. The standard InChI is InChI=1S/C25H38N2O4/c1-3-26(19(2)16-21-4-5-23-24(17-21)31-15-14-30-23)18-20-6-10-27(11-7-20)25(28)22-8-12-29-13-9-22/h4-5,17,19-20,22H,3,6-16,18H2,1-2H3. The topological polar surface area (TPSA) is 51.2 Å². The minimum atomic E-state index is 0.184. The molecule has 2 saturated heterocycles. The molecule has 0 bridgehead atoms. The molecule has 1 amide bonds. The molecular formula is C25H38N2O4. The molecule has 172 valence electrons. The number of carbonyl (C=O) groups excluding carboxylic acids is 1. The molecule has 0 saturated carbocycles. The Morgan fingerprint density at radius 1 is 1.06 bits per heavy atom. The quantitative estimate of drug-likeness (QED) is 0.664. The van der Waals surface area contributed by atoms with Crippen molar-refractivity contribution in [3.05, 3.63) is 23.8 Å². The third-order valence-electron chi connectivity index (χ3n) is 7.16. The van der Waals surface area contributed by atoms with E-state index in [-0.39, 0.29) is 5.92 Å². The molecule has 2 fully saturated rings. The molecule has 0 aromatic heterocycles. The first-order valence-electron chi connectivity index (χ1n) is 12.1. The van der Waals surface area contributed by atoms with Crippen LogP contribution in [0.15, 0.2) is 18.2 Å². The second-order valence-electron chi connectivity index (χ2n) is 9.27. The lowest BCUT2D eigenvalue weighted by Gasteiger charge is -2.38. The Kier molecular flexibility index (Phi) is 7.72. The zero-order valence-electron chi connectivity index (χ0n) is 19.2. The highest BCUT2D eigenvalue weighted by Crippen LogP contribution is 2.31. The van der Waals surface area contributed by atoms with E-state index in [0.29, 0.717) is 31.1 Å².